The molecule has 206 valence electrons. The van der Waals surface area contributed by atoms with Crippen LogP contribution in [0.5, 0.6) is 0 Å². The van der Waals surface area contributed by atoms with Crippen LogP contribution in [0.4, 0.5) is 0 Å². The lowest BCUT2D eigenvalue weighted by atomic mass is 9.32. The van der Waals surface area contributed by atoms with Gasteiger partial charge in [0.1, 0.15) is 6.29 Å². The Morgan fingerprint density at radius 2 is 1.58 bits per heavy atom. The largest absolute Gasteiger partial charge is 0.303 e. The minimum atomic E-state index is -0.0867. The van der Waals surface area contributed by atoms with Gasteiger partial charge in [-0.3, -0.25) is 0 Å². The molecular weight excluding hydrogens is 460 g/mol. The molecule has 0 saturated heterocycles. The molecule has 1 aromatic carbocycles. The highest BCUT2D eigenvalue weighted by atomic mass is 16.1. The van der Waals surface area contributed by atoms with E-state index in [0.717, 1.165) is 18.8 Å². The van der Waals surface area contributed by atoms with Crippen LogP contribution < -0.4 is 0 Å². The lowest BCUT2D eigenvalue weighted by Crippen LogP contribution is -2.65. The Morgan fingerprint density at radius 3 is 2.24 bits per heavy atom. The molecule has 1 nitrogen and oxygen atoms in total. The third-order valence-corrected chi connectivity index (χ3v) is 14.3. The van der Waals surface area contributed by atoms with E-state index in [-0.39, 0.29) is 10.8 Å². The number of benzene rings is 1. The Hall–Kier alpha value is -1.63. The summed E-state index contributed by atoms with van der Waals surface area (Å²) in [6.07, 6.45) is 15.2. The highest BCUT2D eigenvalue weighted by Crippen LogP contribution is 2.77. The van der Waals surface area contributed by atoms with E-state index in [1.54, 1.807) is 5.57 Å². The maximum absolute atomic E-state index is 12.7. The van der Waals surface area contributed by atoms with E-state index in [1.807, 2.05) is 0 Å². The van der Waals surface area contributed by atoms with E-state index < -0.39 is 0 Å². The number of carbonyl (C=O) groups is 1. The van der Waals surface area contributed by atoms with Gasteiger partial charge in [0.2, 0.25) is 0 Å². The number of fused-ring (bicyclic) bond motifs is 7. The summed E-state index contributed by atoms with van der Waals surface area (Å²) >= 11 is 0. The maximum atomic E-state index is 12.7. The van der Waals surface area contributed by atoms with Crippen molar-refractivity contribution in [2.75, 3.05) is 0 Å². The standard InChI is InChI=1S/C37H52O/c1-24(2)27-15-20-37(23-38)22-21-35(7)29(32(27)37)13-14-31-34(6)18-16-28(26-11-9-25(3)10-12-26)33(4,5)30(34)17-19-36(31,35)8/h9-12,16,23,27,29-32H,1,13-15,17-22H2,2-8H3/t27-,29+,30-,31+,32+,34-,35+,36+,37+/m0/s1. The molecule has 0 bridgehead atoms. The zero-order valence-corrected chi connectivity index (χ0v) is 25.3. The number of aryl methyl sites for hydroxylation is 1. The van der Waals surface area contributed by atoms with E-state index in [1.165, 1.54) is 67.9 Å². The number of aldehydes is 1. The van der Waals surface area contributed by atoms with Crippen molar-refractivity contribution in [3.63, 3.8) is 0 Å². The summed E-state index contributed by atoms with van der Waals surface area (Å²) in [6, 6.07) is 9.27. The number of allylic oxidation sites excluding steroid dienone is 3. The first-order chi connectivity index (χ1) is 17.8. The van der Waals surface area contributed by atoms with Crippen molar-refractivity contribution in [3.05, 3.63) is 53.6 Å². The summed E-state index contributed by atoms with van der Waals surface area (Å²) in [4.78, 5) is 12.7. The van der Waals surface area contributed by atoms with Gasteiger partial charge in [0.05, 0.1) is 0 Å². The molecule has 0 unspecified atom stereocenters. The Labute approximate surface area is 232 Å². The zero-order valence-electron chi connectivity index (χ0n) is 25.3. The second kappa shape index (κ2) is 8.44. The summed E-state index contributed by atoms with van der Waals surface area (Å²) in [5.41, 5.74) is 6.74. The van der Waals surface area contributed by atoms with Crippen molar-refractivity contribution in [2.45, 2.75) is 106 Å². The van der Waals surface area contributed by atoms with Crippen LogP contribution in [0.2, 0.25) is 0 Å². The molecule has 0 amide bonds. The topological polar surface area (TPSA) is 17.1 Å². The fourth-order valence-corrected chi connectivity index (χ4v) is 12.2. The summed E-state index contributed by atoms with van der Waals surface area (Å²) in [7, 11) is 0. The Kier molecular flexibility index (Phi) is 5.90. The van der Waals surface area contributed by atoms with Gasteiger partial charge < -0.3 is 4.79 Å². The number of carbonyl (C=O) groups excluding carboxylic acids is 1. The van der Waals surface area contributed by atoms with Gasteiger partial charge >= 0.3 is 0 Å². The molecule has 0 N–H and O–H groups in total. The lowest BCUT2D eigenvalue weighted by Gasteiger charge is -2.72. The van der Waals surface area contributed by atoms with Gasteiger partial charge in [-0.15, -0.1) is 0 Å². The van der Waals surface area contributed by atoms with Crippen molar-refractivity contribution in [1.29, 1.82) is 0 Å². The van der Waals surface area contributed by atoms with Gasteiger partial charge in [0.25, 0.3) is 0 Å². The molecule has 5 aliphatic rings. The first-order valence-corrected chi connectivity index (χ1v) is 15.7. The van der Waals surface area contributed by atoms with Gasteiger partial charge in [0.15, 0.2) is 0 Å². The van der Waals surface area contributed by atoms with Gasteiger partial charge in [0, 0.05) is 5.41 Å². The normalized spacial score (nSPS) is 47.1. The highest BCUT2D eigenvalue weighted by molar-refractivity contribution is 5.71. The minimum Gasteiger partial charge on any atom is -0.303 e. The minimum absolute atomic E-state index is 0.0867. The van der Waals surface area contributed by atoms with Crippen molar-refractivity contribution in [2.24, 2.45) is 56.7 Å². The molecule has 4 fully saturated rings. The average molecular weight is 513 g/mol. The Morgan fingerprint density at radius 1 is 0.868 bits per heavy atom. The molecule has 0 spiro atoms. The molecule has 6 rings (SSSR count). The van der Waals surface area contributed by atoms with Crippen LogP contribution in [-0.2, 0) is 4.79 Å². The van der Waals surface area contributed by atoms with Crippen molar-refractivity contribution < 1.29 is 4.79 Å². The van der Waals surface area contributed by atoms with Crippen LogP contribution in [-0.4, -0.2) is 6.29 Å². The first kappa shape index (κ1) is 26.6. The molecule has 0 aliphatic heterocycles. The van der Waals surface area contributed by atoms with Crippen molar-refractivity contribution in [3.8, 4) is 0 Å². The third-order valence-electron chi connectivity index (χ3n) is 14.3. The van der Waals surface area contributed by atoms with Gasteiger partial charge in [-0.05, 0) is 134 Å². The molecule has 0 aromatic heterocycles. The van der Waals surface area contributed by atoms with E-state index in [2.05, 4.69) is 85.4 Å². The van der Waals surface area contributed by atoms with Crippen LogP contribution in [0, 0.1) is 63.6 Å². The van der Waals surface area contributed by atoms with Crippen LogP contribution in [0.15, 0.2) is 42.5 Å². The average Bonchev–Trinajstić information content (AvgIpc) is 3.26. The number of hydrogen-bond donors (Lipinski definition) is 0. The van der Waals surface area contributed by atoms with Gasteiger partial charge in [-0.2, -0.15) is 0 Å². The van der Waals surface area contributed by atoms with Crippen LogP contribution in [0.3, 0.4) is 0 Å². The third kappa shape index (κ3) is 3.26. The fraction of sp³-hybridized carbons (Fsp3) is 0.703. The van der Waals surface area contributed by atoms with E-state index in [0.29, 0.717) is 39.9 Å². The first-order valence-electron chi connectivity index (χ1n) is 15.7. The lowest BCUT2D eigenvalue weighted by molar-refractivity contribution is -0.223. The molecule has 1 heteroatoms. The van der Waals surface area contributed by atoms with Crippen molar-refractivity contribution in [1.82, 2.24) is 0 Å². The van der Waals surface area contributed by atoms with Crippen molar-refractivity contribution >= 4 is 11.9 Å². The zero-order chi connectivity index (χ0) is 27.3. The summed E-state index contributed by atoms with van der Waals surface area (Å²) in [5, 5.41) is 0. The molecule has 0 radical (unpaired) electrons. The maximum Gasteiger partial charge on any atom is 0.126 e. The summed E-state index contributed by atoms with van der Waals surface area (Å²) in [5.74, 6) is 3.16. The van der Waals surface area contributed by atoms with Gasteiger partial charge in [-0.1, -0.05) is 82.7 Å². The van der Waals surface area contributed by atoms with Gasteiger partial charge in [-0.25, -0.2) is 0 Å². The van der Waals surface area contributed by atoms with Crippen LogP contribution >= 0.6 is 0 Å². The molecular formula is C37H52O. The predicted octanol–water partition coefficient (Wildman–Crippen LogP) is 9.84. The number of hydrogen-bond acceptors (Lipinski definition) is 1. The summed E-state index contributed by atoms with van der Waals surface area (Å²) in [6.45, 7) is 22.0. The van der Waals surface area contributed by atoms with E-state index >= 15 is 0 Å². The van der Waals surface area contributed by atoms with Crippen LogP contribution in [0.1, 0.15) is 110 Å². The van der Waals surface area contributed by atoms with Crippen LogP contribution in [0.25, 0.3) is 5.57 Å². The smallest absolute Gasteiger partial charge is 0.126 e. The molecule has 1 aromatic rings. The molecule has 5 aliphatic carbocycles. The van der Waals surface area contributed by atoms with E-state index in [9.17, 15) is 4.79 Å². The monoisotopic (exact) mass is 512 g/mol. The molecule has 9 atom stereocenters. The molecule has 38 heavy (non-hydrogen) atoms. The fourth-order valence-electron chi connectivity index (χ4n) is 12.2. The molecule has 4 saturated carbocycles. The quantitative estimate of drug-likeness (QED) is 0.291. The number of rotatable bonds is 3. The Bertz CT molecular complexity index is 1170. The second-order valence-corrected chi connectivity index (χ2v) is 15.9. The SMILES string of the molecule is C=C(C)[C@@H]1CC[C@]2(C=O)CC[C@]3(C)[C@H](CC[C@@H]4[C@@]5(C)CC=C(c6ccc(C)cc6)C(C)(C)[C@@H]5CC[C@]43C)[C@@H]12. The second-order valence-electron chi connectivity index (χ2n) is 15.9. The predicted molar refractivity (Wildman–Crippen MR) is 160 cm³/mol. The summed E-state index contributed by atoms with van der Waals surface area (Å²) < 4.78 is 0. The molecule has 0 heterocycles. The Balaban J connectivity index is 1.39. The highest BCUT2D eigenvalue weighted by Gasteiger charge is 2.70. The van der Waals surface area contributed by atoms with E-state index in [4.69, 9.17) is 0 Å².